The van der Waals surface area contributed by atoms with E-state index in [4.69, 9.17) is 21.1 Å². The maximum Gasteiger partial charge on any atom is 0.338 e. The number of nitrogens with one attached hydrogen (secondary N) is 1. The third-order valence-electron chi connectivity index (χ3n) is 8.22. The molecule has 2 N–H and O–H groups in total. The lowest BCUT2D eigenvalue weighted by molar-refractivity contribution is -0.222. The Labute approximate surface area is 225 Å². The largest absolute Gasteiger partial charge is 0.481 e. The monoisotopic (exact) mass is 564 g/mol. The van der Waals surface area contributed by atoms with Crippen molar-refractivity contribution in [2.75, 3.05) is 26.9 Å². The molecule has 6 rings (SSSR count). The van der Waals surface area contributed by atoms with Gasteiger partial charge in [0.2, 0.25) is 0 Å². The number of halogens is 3. The van der Waals surface area contributed by atoms with Gasteiger partial charge in [0.05, 0.1) is 30.9 Å². The van der Waals surface area contributed by atoms with Gasteiger partial charge in [0.1, 0.15) is 6.04 Å². The quantitative estimate of drug-likeness (QED) is 0.389. The highest BCUT2D eigenvalue weighted by Crippen LogP contribution is 2.65. The van der Waals surface area contributed by atoms with E-state index in [0.717, 1.165) is 6.07 Å². The van der Waals surface area contributed by atoms with E-state index in [1.807, 2.05) is 0 Å². The first-order chi connectivity index (χ1) is 18.3. The van der Waals surface area contributed by atoms with Crippen LogP contribution >= 0.6 is 22.9 Å². The summed E-state index contributed by atoms with van der Waals surface area (Å²) in [6, 6.07) is 1.27. The Kier molecular flexibility index (Phi) is 6.25. The van der Waals surface area contributed by atoms with Gasteiger partial charge >= 0.3 is 11.9 Å². The average molecular weight is 565 g/mol. The fourth-order valence-electron chi connectivity index (χ4n) is 6.49. The zero-order chi connectivity index (χ0) is 26.8. The zero-order valence-electron chi connectivity index (χ0n) is 20.1. The number of amidine groups is 1. The van der Waals surface area contributed by atoms with Gasteiger partial charge in [-0.05, 0) is 18.4 Å². The van der Waals surface area contributed by atoms with Crippen LogP contribution < -0.4 is 5.32 Å². The second-order valence-corrected chi connectivity index (χ2v) is 11.1. The molecule has 1 aliphatic carbocycles. The summed E-state index contributed by atoms with van der Waals surface area (Å²) in [7, 11) is 1.23. The minimum atomic E-state index is -1.23. The molecule has 0 bridgehead atoms. The molecule has 0 radical (unpaired) electrons. The van der Waals surface area contributed by atoms with E-state index in [2.05, 4.69) is 20.2 Å². The molecule has 2 saturated heterocycles. The summed E-state index contributed by atoms with van der Waals surface area (Å²) in [6.07, 6.45) is 2.41. The third kappa shape index (κ3) is 3.69. The second-order valence-electron chi connectivity index (χ2n) is 9.85. The van der Waals surface area contributed by atoms with Crippen LogP contribution in [0.15, 0.2) is 40.0 Å². The highest BCUT2D eigenvalue weighted by atomic mass is 35.5. The SMILES string of the molecule is COC(=O)C1=C(CN2C3COCC34C(CC(=O)O)CC24)NC(c2nccs2)=N[C@H]1c1ccc(F)c(F)c1Cl. The van der Waals surface area contributed by atoms with Gasteiger partial charge in [-0.25, -0.2) is 18.6 Å². The molecular weight excluding hydrogens is 542 g/mol. The molecule has 3 fully saturated rings. The molecule has 3 aliphatic heterocycles. The summed E-state index contributed by atoms with van der Waals surface area (Å²) >= 11 is 7.55. The van der Waals surface area contributed by atoms with E-state index < -0.39 is 34.6 Å². The summed E-state index contributed by atoms with van der Waals surface area (Å²) in [5.74, 6) is -3.46. The number of aromatic nitrogens is 1. The molecule has 1 aromatic heterocycles. The number of methoxy groups -OCH3 is 1. The number of thiazole rings is 1. The van der Waals surface area contributed by atoms with Crippen LogP contribution in [-0.2, 0) is 19.1 Å². The number of aliphatic imine (C=N–C) groups is 1. The summed E-state index contributed by atoms with van der Waals surface area (Å²) in [6.45, 7) is 1.25. The lowest BCUT2D eigenvalue weighted by atomic mass is 9.46. The molecular formula is C25H23ClF2N4O5S. The Bertz CT molecular complexity index is 1390. The topological polar surface area (TPSA) is 113 Å². The van der Waals surface area contributed by atoms with Gasteiger partial charge in [-0.15, -0.1) is 11.3 Å². The minimum absolute atomic E-state index is 0.00808. The molecule has 200 valence electrons. The number of carboxylic acids is 1. The van der Waals surface area contributed by atoms with Crippen molar-refractivity contribution in [2.45, 2.75) is 31.0 Å². The molecule has 4 heterocycles. The molecule has 4 aliphatic rings. The molecule has 1 aromatic carbocycles. The van der Waals surface area contributed by atoms with Crippen LogP contribution in [0.25, 0.3) is 0 Å². The van der Waals surface area contributed by atoms with E-state index in [-0.39, 0.29) is 47.5 Å². The van der Waals surface area contributed by atoms with Crippen LogP contribution in [0.1, 0.15) is 29.5 Å². The number of esters is 1. The maximum atomic E-state index is 14.5. The number of carbonyl (C=O) groups is 2. The number of ether oxygens (including phenoxy) is 2. The Morgan fingerprint density at radius 2 is 2.18 bits per heavy atom. The molecule has 13 heteroatoms. The number of rotatable bonds is 7. The molecule has 1 spiro atoms. The average Bonchev–Trinajstić information content (AvgIpc) is 3.58. The van der Waals surface area contributed by atoms with Crippen molar-refractivity contribution >= 4 is 40.7 Å². The van der Waals surface area contributed by atoms with Crippen molar-refractivity contribution in [2.24, 2.45) is 16.3 Å². The fraction of sp³-hybridized carbons (Fsp3) is 0.440. The summed E-state index contributed by atoms with van der Waals surface area (Å²) in [5, 5.41) is 14.4. The summed E-state index contributed by atoms with van der Waals surface area (Å²) in [4.78, 5) is 35.7. The summed E-state index contributed by atoms with van der Waals surface area (Å²) < 4.78 is 39.3. The number of piperidine rings is 1. The Morgan fingerprint density at radius 3 is 2.89 bits per heavy atom. The molecule has 4 unspecified atom stereocenters. The van der Waals surface area contributed by atoms with Crippen molar-refractivity contribution in [1.82, 2.24) is 15.2 Å². The van der Waals surface area contributed by atoms with Gasteiger partial charge in [0.25, 0.3) is 0 Å². The highest BCUT2D eigenvalue weighted by Gasteiger charge is 2.73. The number of likely N-dealkylation sites (tertiary alicyclic amines) is 1. The predicted molar refractivity (Wildman–Crippen MR) is 133 cm³/mol. The highest BCUT2D eigenvalue weighted by molar-refractivity contribution is 7.11. The van der Waals surface area contributed by atoms with Gasteiger partial charge in [-0.3, -0.25) is 14.7 Å². The fourth-order valence-corrected chi connectivity index (χ4v) is 7.34. The first kappa shape index (κ1) is 25.4. The Balaban J connectivity index is 1.40. The first-order valence-corrected chi connectivity index (χ1v) is 13.3. The van der Waals surface area contributed by atoms with Crippen molar-refractivity contribution in [3.05, 3.63) is 62.2 Å². The van der Waals surface area contributed by atoms with Crippen molar-refractivity contribution in [3.8, 4) is 0 Å². The first-order valence-electron chi connectivity index (χ1n) is 12.0. The Morgan fingerprint density at radius 1 is 1.37 bits per heavy atom. The smallest absolute Gasteiger partial charge is 0.338 e. The van der Waals surface area contributed by atoms with Crippen molar-refractivity contribution < 1.29 is 33.0 Å². The molecule has 38 heavy (non-hydrogen) atoms. The molecule has 1 saturated carbocycles. The molecule has 0 amide bonds. The van der Waals surface area contributed by atoms with Crippen LogP contribution in [0.2, 0.25) is 5.02 Å². The number of hydrogen-bond donors (Lipinski definition) is 2. The number of benzene rings is 1. The van der Waals surface area contributed by atoms with Gasteiger partial charge in [0.15, 0.2) is 22.5 Å². The van der Waals surface area contributed by atoms with Gasteiger partial charge in [-0.2, -0.15) is 0 Å². The molecule has 5 atom stereocenters. The lowest BCUT2D eigenvalue weighted by Crippen LogP contribution is -2.80. The van der Waals surface area contributed by atoms with E-state index in [9.17, 15) is 23.5 Å². The van der Waals surface area contributed by atoms with Gasteiger partial charge in [0, 0.05) is 53.3 Å². The number of hydrogen-bond acceptors (Lipinski definition) is 9. The number of carboxylic acid groups (broad SMARTS) is 1. The maximum absolute atomic E-state index is 14.5. The van der Waals surface area contributed by atoms with Crippen molar-refractivity contribution in [3.63, 3.8) is 0 Å². The van der Waals surface area contributed by atoms with Crippen molar-refractivity contribution in [1.29, 1.82) is 0 Å². The second kappa shape index (κ2) is 9.37. The third-order valence-corrected chi connectivity index (χ3v) is 9.39. The van der Waals surface area contributed by atoms with Crippen LogP contribution in [0, 0.1) is 23.0 Å². The van der Waals surface area contributed by atoms with E-state index in [1.165, 1.54) is 24.5 Å². The number of nitrogens with zero attached hydrogens (tertiary/aromatic N) is 3. The number of aliphatic carboxylic acids is 1. The van der Waals surface area contributed by atoms with Crippen LogP contribution in [-0.4, -0.2) is 71.7 Å². The van der Waals surface area contributed by atoms with Crippen LogP contribution in [0.4, 0.5) is 8.78 Å². The molecule has 2 aromatic rings. The standard InChI is InChI=1S/C25H23ClF2N4O5S/c1-36-24(35)18-14(8-32-15-6-11(7-17(33)34)25(15)10-37-9-16(25)32)30-22(23-29-4-5-38-23)31-21(18)12-2-3-13(27)20(28)19(12)26/h2-5,11,15-16,21H,6-10H2,1H3,(H,30,31)(H,33,34)/t11?,15?,16?,21-,25?/m0/s1. The van der Waals surface area contributed by atoms with E-state index >= 15 is 0 Å². The van der Waals surface area contributed by atoms with Gasteiger partial charge < -0.3 is 19.9 Å². The zero-order valence-corrected chi connectivity index (χ0v) is 21.7. The lowest BCUT2D eigenvalue weighted by Gasteiger charge is -2.71. The molecule has 9 nitrogen and oxygen atoms in total. The van der Waals surface area contributed by atoms with Crippen LogP contribution in [0.3, 0.4) is 0 Å². The van der Waals surface area contributed by atoms with E-state index in [0.29, 0.717) is 36.2 Å². The van der Waals surface area contributed by atoms with E-state index in [1.54, 1.807) is 11.6 Å². The van der Waals surface area contributed by atoms with Crippen LogP contribution in [0.5, 0.6) is 0 Å². The number of carbonyl (C=O) groups excluding carboxylic acids is 1. The van der Waals surface area contributed by atoms with Gasteiger partial charge in [-0.1, -0.05) is 17.7 Å². The minimum Gasteiger partial charge on any atom is -0.481 e. The normalized spacial score (nSPS) is 29.9. The Hall–Kier alpha value is -2.93. The summed E-state index contributed by atoms with van der Waals surface area (Å²) in [5.41, 5.74) is 0.503. The predicted octanol–water partition coefficient (Wildman–Crippen LogP) is 3.16.